The fraction of sp³-hybridized carbons (Fsp3) is 0.500. The predicted molar refractivity (Wildman–Crippen MR) is 56.6 cm³/mol. The summed E-state index contributed by atoms with van der Waals surface area (Å²) in [4.78, 5) is 0. The number of morpholine rings is 1. The number of hydrogen-bond acceptors (Lipinski definition) is 4. The third-order valence-corrected chi connectivity index (χ3v) is 3.71. The molecule has 1 aromatic carbocycles. The molecule has 0 amide bonds. The van der Waals surface area contributed by atoms with Gasteiger partial charge in [-0.15, -0.1) is 0 Å². The Morgan fingerprint density at radius 3 is 2.94 bits per heavy atom. The van der Waals surface area contributed by atoms with Gasteiger partial charge in [0, 0.05) is 12.6 Å². The van der Waals surface area contributed by atoms with Crippen LogP contribution in [0.4, 0.5) is 0 Å². The van der Waals surface area contributed by atoms with Crippen molar-refractivity contribution in [2.75, 3.05) is 19.9 Å². The van der Waals surface area contributed by atoms with E-state index in [1.807, 2.05) is 6.07 Å². The van der Waals surface area contributed by atoms with Crippen molar-refractivity contribution in [2.24, 2.45) is 0 Å². The van der Waals surface area contributed by atoms with Crippen LogP contribution >= 0.6 is 0 Å². The molecule has 1 N–H and O–H groups in total. The molecular formula is C12H13NO3. The average molecular weight is 219 g/mol. The molecule has 2 saturated heterocycles. The van der Waals surface area contributed by atoms with Gasteiger partial charge in [0.2, 0.25) is 6.79 Å². The van der Waals surface area contributed by atoms with Crippen LogP contribution in [0.15, 0.2) is 18.2 Å². The quantitative estimate of drug-likeness (QED) is 0.765. The summed E-state index contributed by atoms with van der Waals surface area (Å²) in [5, 5.41) is 3.47. The first-order valence-electron chi connectivity index (χ1n) is 5.63. The van der Waals surface area contributed by atoms with Crippen molar-refractivity contribution in [1.29, 1.82) is 0 Å². The fourth-order valence-electron chi connectivity index (χ4n) is 2.82. The highest BCUT2D eigenvalue weighted by Crippen LogP contribution is 2.43. The molecule has 16 heavy (non-hydrogen) atoms. The Morgan fingerprint density at radius 2 is 2.19 bits per heavy atom. The Bertz CT molecular complexity index is 438. The van der Waals surface area contributed by atoms with Crippen LogP contribution in [0.5, 0.6) is 11.5 Å². The van der Waals surface area contributed by atoms with Crippen molar-refractivity contribution in [3.05, 3.63) is 23.8 Å². The van der Waals surface area contributed by atoms with Crippen LogP contribution in [0, 0.1) is 0 Å². The maximum atomic E-state index is 5.93. The van der Waals surface area contributed by atoms with E-state index < -0.39 is 0 Å². The number of ether oxygens (including phenoxy) is 3. The van der Waals surface area contributed by atoms with E-state index in [1.165, 1.54) is 5.56 Å². The van der Waals surface area contributed by atoms with E-state index in [0.29, 0.717) is 12.8 Å². The molecule has 0 spiro atoms. The summed E-state index contributed by atoms with van der Waals surface area (Å²) in [5.74, 6) is 1.67. The van der Waals surface area contributed by atoms with Gasteiger partial charge in [0.15, 0.2) is 11.5 Å². The van der Waals surface area contributed by atoms with Gasteiger partial charge < -0.3 is 19.5 Å². The van der Waals surface area contributed by atoms with Crippen molar-refractivity contribution >= 4 is 0 Å². The predicted octanol–water partition coefficient (Wildman–Crippen LogP) is 1.00. The van der Waals surface area contributed by atoms with E-state index in [0.717, 1.165) is 31.1 Å². The van der Waals surface area contributed by atoms with E-state index >= 15 is 0 Å². The molecule has 3 heterocycles. The lowest BCUT2D eigenvalue weighted by Gasteiger charge is -2.27. The zero-order chi connectivity index (χ0) is 10.6. The van der Waals surface area contributed by atoms with Crippen LogP contribution in [-0.2, 0) is 10.3 Å². The van der Waals surface area contributed by atoms with Crippen LogP contribution in [0.1, 0.15) is 12.0 Å². The summed E-state index contributed by atoms with van der Waals surface area (Å²) in [6.07, 6.45) is 1.06. The summed E-state index contributed by atoms with van der Waals surface area (Å²) in [7, 11) is 0. The van der Waals surface area contributed by atoms with Crippen LogP contribution in [0.3, 0.4) is 0 Å². The van der Waals surface area contributed by atoms with Gasteiger partial charge in [-0.05, 0) is 24.1 Å². The largest absolute Gasteiger partial charge is 0.454 e. The monoisotopic (exact) mass is 219 g/mol. The van der Waals surface area contributed by atoms with Gasteiger partial charge in [-0.3, -0.25) is 0 Å². The van der Waals surface area contributed by atoms with E-state index in [9.17, 15) is 0 Å². The van der Waals surface area contributed by atoms with Gasteiger partial charge in [-0.25, -0.2) is 0 Å². The maximum absolute atomic E-state index is 5.93. The molecule has 4 heteroatoms. The van der Waals surface area contributed by atoms with Crippen LogP contribution in [0.25, 0.3) is 0 Å². The Balaban J connectivity index is 1.77. The van der Waals surface area contributed by atoms with E-state index in [4.69, 9.17) is 14.2 Å². The van der Waals surface area contributed by atoms with E-state index in [2.05, 4.69) is 17.4 Å². The third kappa shape index (κ3) is 1.06. The Morgan fingerprint density at radius 1 is 1.25 bits per heavy atom. The van der Waals surface area contributed by atoms with Crippen molar-refractivity contribution in [3.8, 4) is 11.5 Å². The molecule has 2 atom stereocenters. The second kappa shape index (κ2) is 2.90. The Labute approximate surface area is 93.5 Å². The lowest BCUT2D eigenvalue weighted by Crippen LogP contribution is -2.37. The molecule has 0 saturated carbocycles. The van der Waals surface area contributed by atoms with Crippen LogP contribution < -0.4 is 14.8 Å². The molecule has 3 aliphatic heterocycles. The minimum absolute atomic E-state index is 0.133. The number of benzene rings is 1. The molecule has 0 unspecified atom stereocenters. The first-order valence-corrected chi connectivity index (χ1v) is 5.63. The molecule has 3 aliphatic rings. The van der Waals surface area contributed by atoms with Crippen molar-refractivity contribution in [2.45, 2.75) is 18.1 Å². The minimum Gasteiger partial charge on any atom is -0.454 e. The highest BCUT2D eigenvalue weighted by molar-refractivity contribution is 5.46. The fourth-order valence-corrected chi connectivity index (χ4v) is 2.82. The normalized spacial score (nSPS) is 34.6. The minimum atomic E-state index is -0.133. The van der Waals surface area contributed by atoms with Gasteiger partial charge in [-0.1, -0.05) is 6.07 Å². The Kier molecular flexibility index (Phi) is 1.60. The number of fused-ring (bicyclic) bond motifs is 3. The van der Waals surface area contributed by atoms with Gasteiger partial charge in [0.05, 0.1) is 6.61 Å². The average Bonchev–Trinajstić information content (AvgIpc) is 3.04. The summed E-state index contributed by atoms with van der Waals surface area (Å²) in [6, 6.07) is 6.63. The Hall–Kier alpha value is -1.26. The maximum Gasteiger partial charge on any atom is 0.231 e. The van der Waals surface area contributed by atoms with Crippen molar-refractivity contribution < 1.29 is 14.2 Å². The molecule has 2 bridgehead atoms. The molecule has 2 fully saturated rings. The van der Waals surface area contributed by atoms with Gasteiger partial charge in [0.25, 0.3) is 0 Å². The summed E-state index contributed by atoms with van der Waals surface area (Å²) >= 11 is 0. The lowest BCUT2D eigenvalue weighted by atomic mass is 9.92. The first-order chi connectivity index (χ1) is 7.86. The summed E-state index contributed by atoms with van der Waals surface area (Å²) < 4.78 is 16.6. The molecule has 84 valence electrons. The van der Waals surface area contributed by atoms with Crippen molar-refractivity contribution in [1.82, 2.24) is 5.32 Å². The third-order valence-electron chi connectivity index (χ3n) is 3.71. The highest BCUT2D eigenvalue weighted by atomic mass is 16.7. The second-order valence-corrected chi connectivity index (χ2v) is 4.66. The standard InChI is InChI=1S/C12H13NO3/c1-2-10-11(15-7-14-10)3-8(1)12-4-9(5-16-12)13-6-12/h1-3,9,13H,4-7H2/t9-,12-/m1/s1. The zero-order valence-electron chi connectivity index (χ0n) is 8.86. The molecule has 4 rings (SSSR count). The number of nitrogens with one attached hydrogen (secondary N) is 1. The number of rotatable bonds is 1. The van der Waals surface area contributed by atoms with Crippen LogP contribution in [-0.4, -0.2) is 26.0 Å². The van der Waals surface area contributed by atoms with E-state index in [1.54, 1.807) is 0 Å². The van der Waals surface area contributed by atoms with Crippen molar-refractivity contribution in [3.63, 3.8) is 0 Å². The summed E-state index contributed by atoms with van der Waals surface area (Å²) in [5.41, 5.74) is 1.07. The highest BCUT2D eigenvalue weighted by Gasteiger charge is 2.47. The molecule has 0 aromatic heterocycles. The van der Waals surface area contributed by atoms with Gasteiger partial charge in [-0.2, -0.15) is 0 Å². The molecule has 1 aromatic rings. The number of hydrogen-bond donors (Lipinski definition) is 1. The molecule has 0 radical (unpaired) electrons. The SMILES string of the molecule is c1cc2c(cc1[C@@]13CN[C@@H](CO1)C3)OCO2. The summed E-state index contributed by atoms with van der Waals surface area (Å²) in [6.45, 7) is 2.04. The molecule has 4 nitrogen and oxygen atoms in total. The van der Waals surface area contributed by atoms with Gasteiger partial charge >= 0.3 is 0 Å². The molecular weight excluding hydrogens is 206 g/mol. The molecule has 0 aliphatic carbocycles. The van der Waals surface area contributed by atoms with E-state index in [-0.39, 0.29) is 5.60 Å². The first kappa shape index (κ1) is 8.84. The topological polar surface area (TPSA) is 39.7 Å². The smallest absolute Gasteiger partial charge is 0.231 e. The zero-order valence-corrected chi connectivity index (χ0v) is 8.86. The lowest BCUT2D eigenvalue weighted by molar-refractivity contribution is -0.00969. The second-order valence-electron chi connectivity index (χ2n) is 4.66. The van der Waals surface area contributed by atoms with Crippen LogP contribution in [0.2, 0.25) is 0 Å². The van der Waals surface area contributed by atoms with Gasteiger partial charge in [0.1, 0.15) is 5.60 Å².